The Balaban J connectivity index is 2.18. The molecule has 82 valence electrons. The van der Waals surface area contributed by atoms with Crippen LogP contribution in [0.1, 0.15) is 31.9 Å². The van der Waals surface area contributed by atoms with Crippen LogP contribution in [0.15, 0.2) is 12.4 Å². The van der Waals surface area contributed by atoms with E-state index in [2.05, 4.69) is 28.7 Å². The van der Waals surface area contributed by atoms with Gasteiger partial charge in [-0.05, 0) is 12.3 Å². The molecule has 1 aromatic heterocycles. The third kappa shape index (κ3) is 2.26. The van der Waals surface area contributed by atoms with Crippen LogP contribution in [0.5, 0.6) is 0 Å². The second-order valence-electron chi connectivity index (χ2n) is 4.34. The Labute approximate surface area is 90.0 Å². The number of aliphatic hydroxyl groups is 1. The van der Waals surface area contributed by atoms with Crippen molar-refractivity contribution < 1.29 is 5.11 Å². The van der Waals surface area contributed by atoms with E-state index >= 15 is 0 Å². The van der Waals surface area contributed by atoms with Crippen LogP contribution in [-0.4, -0.2) is 34.3 Å². The Hall–Kier alpha value is -1.16. The normalized spacial score (nSPS) is 21.3. The molecule has 2 rings (SSSR count). The molecular formula is C11H17N3O. The molecule has 1 aromatic rings. The summed E-state index contributed by atoms with van der Waals surface area (Å²) in [5.41, 5.74) is 1.06. The van der Waals surface area contributed by atoms with E-state index in [0.717, 1.165) is 24.5 Å². The van der Waals surface area contributed by atoms with Crippen LogP contribution < -0.4 is 4.90 Å². The Morgan fingerprint density at radius 1 is 1.47 bits per heavy atom. The molecule has 1 aliphatic rings. The van der Waals surface area contributed by atoms with Crippen molar-refractivity contribution in [3.63, 3.8) is 0 Å². The van der Waals surface area contributed by atoms with Crippen LogP contribution in [0, 0.1) is 0 Å². The summed E-state index contributed by atoms with van der Waals surface area (Å²) in [5.74, 6) is 1.35. The quantitative estimate of drug-likeness (QED) is 0.791. The number of rotatable bonds is 2. The van der Waals surface area contributed by atoms with Crippen LogP contribution in [-0.2, 0) is 0 Å². The Morgan fingerprint density at radius 3 is 2.87 bits per heavy atom. The molecule has 0 unspecified atom stereocenters. The van der Waals surface area contributed by atoms with Gasteiger partial charge in [0.2, 0.25) is 0 Å². The van der Waals surface area contributed by atoms with Gasteiger partial charge in [-0.3, -0.25) is 0 Å². The Bertz CT molecular complexity index is 340. The topological polar surface area (TPSA) is 49.2 Å². The molecule has 0 aromatic carbocycles. The first kappa shape index (κ1) is 10.4. The minimum atomic E-state index is -0.206. The summed E-state index contributed by atoms with van der Waals surface area (Å²) in [7, 11) is 0. The Morgan fingerprint density at radius 2 is 2.27 bits per heavy atom. The lowest BCUT2D eigenvalue weighted by Crippen LogP contribution is -2.22. The molecule has 1 saturated heterocycles. The van der Waals surface area contributed by atoms with E-state index in [0.29, 0.717) is 12.5 Å². The molecule has 15 heavy (non-hydrogen) atoms. The number of β-amino-alcohol motifs (C(OH)–C–C–N with tert-alkyl or cyclic N) is 1. The van der Waals surface area contributed by atoms with Crippen LogP contribution in [0.4, 0.5) is 5.82 Å². The van der Waals surface area contributed by atoms with Crippen molar-refractivity contribution in [1.82, 2.24) is 9.97 Å². The van der Waals surface area contributed by atoms with Gasteiger partial charge in [0.25, 0.3) is 0 Å². The standard InChI is InChI=1S/C11H17N3O/c1-8(2)10-5-11(13-7-12-10)14-4-3-9(15)6-14/h5,7-9,15H,3-4,6H2,1-2H3/t9-/m1/s1. The molecule has 1 N–H and O–H groups in total. The lowest BCUT2D eigenvalue weighted by Gasteiger charge is -2.17. The van der Waals surface area contributed by atoms with Gasteiger partial charge in [-0.15, -0.1) is 0 Å². The summed E-state index contributed by atoms with van der Waals surface area (Å²) >= 11 is 0. The average Bonchev–Trinajstić information content (AvgIpc) is 2.65. The van der Waals surface area contributed by atoms with E-state index in [1.165, 1.54) is 0 Å². The minimum absolute atomic E-state index is 0.206. The first-order valence-corrected chi connectivity index (χ1v) is 5.42. The molecule has 1 fully saturated rings. The molecule has 0 spiro atoms. The van der Waals surface area contributed by atoms with Crippen LogP contribution in [0.25, 0.3) is 0 Å². The zero-order valence-corrected chi connectivity index (χ0v) is 9.22. The summed E-state index contributed by atoms with van der Waals surface area (Å²) in [6, 6.07) is 2.02. The highest BCUT2D eigenvalue weighted by atomic mass is 16.3. The maximum absolute atomic E-state index is 9.45. The fourth-order valence-electron chi connectivity index (χ4n) is 1.80. The molecular weight excluding hydrogens is 190 g/mol. The van der Waals surface area contributed by atoms with E-state index in [9.17, 15) is 5.11 Å². The molecule has 0 aliphatic carbocycles. The first-order chi connectivity index (χ1) is 7.16. The first-order valence-electron chi connectivity index (χ1n) is 5.42. The van der Waals surface area contributed by atoms with Crippen molar-refractivity contribution in [2.45, 2.75) is 32.3 Å². The molecule has 2 heterocycles. The third-order valence-electron chi connectivity index (χ3n) is 2.75. The fourth-order valence-corrected chi connectivity index (χ4v) is 1.80. The van der Waals surface area contributed by atoms with Crippen molar-refractivity contribution in [2.75, 3.05) is 18.0 Å². The SMILES string of the molecule is CC(C)c1cc(N2CC[C@@H](O)C2)ncn1. The summed E-state index contributed by atoms with van der Waals surface area (Å²) in [4.78, 5) is 10.6. The highest BCUT2D eigenvalue weighted by molar-refractivity contribution is 5.40. The number of hydrogen-bond donors (Lipinski definition) is 1. The minimum Gasteiger partial charge on any atom is -0.391 e. The second kappa shape index (κ2) is 4.14. The highest BCUT2D eigenvalue weighted by Gasteiger charge is 2.21. The number of aliphatic hydroxyl groups excluding tert-OH is 1. The molecule has 0 bridgehead atoms. The lowest BCUT2D eigenvalue weighted by molar-refractivity contribution is 0.198. The lowest BCUT2D eigenvalue weighted by atomic mass is 10.1. The summed E-state index contributed by atoms with van der Waals surface area (Å²) in [5, 5.41) is 9.45. The molecule has 0 amide bonds. The smallest absolute Gasteiger partial charge is 0.132 e. The van der Waals surface area contributed by atoms with Crippen molar-refractivity contribution in [1.29, 1.82) is 0 Å². The van der Waals surface area contributed by atoms with Crippen molar-refractivity contribution in [3.8, 4) is 0 Å². The van der Waals surface area contributed by atoms with Gasteiger partial charge in [0.15, 0.2) is 0 Å². The van der Waals surface area contributed by atoms with E-state index in [4.69, 9.17) is 0 Å². The molecule has 0 saturated carbocycles. The van der Waals surface area contributed by atoms with Gasteiger partial charge < -0.3 is 10.0 Å². The van der Waals surface area contributed by atoms with Crippen molar-refractivity contribution in [2.24, 2.45) is 0 Å². The van der Waals surface area contributed by atoms with Crippen molar-refractivity contribution in [3.05, 3.63) is 18.1 Å². The zero-order chi connectivity index (χ0) is 10.8. The van der Waals surface area contributed by atoms with Crippen LogP contribution in [0.3, 0.4) is 0 Å². The van der Waals surface area contributed by atoms with Gasteiger partial charge in [0, 0.05) is 24.8 Å². The van der Waals surface area contributed by atoms with Gasteiger partial charge in [0.1, 0.15) is 12.1 Å². The maximum atomic E-state index is 9.45. The summed E-state index contributed by atoms with van der Waals surface area (Å²) in [6.45, 7) is 5.81. The van der Waals surface area contributed by atoms with Crippen LogP contribution in [0.2, 0.25) is 0 Å². The van der Waals surface area contributed by atoms with E-state index in [1.54, 1.807) is 6.33 Å². The van der Waals surface area contributed by atoms with Gasteiger partial charge in [0.05, 0.1) is 6.10 Å². The van der Waals surface area contributed by atoms with Crippen LogP contribution >= 0.6 is 0 Å². The predicted molar refractivity (Wildman–Crippen MR) is 59.0 cm³/mol. The monoisotopic (exact) mass is 207 g/mol. The number of nitrogens with zero attached hydrogens (tertiary/aromatic N) is 3. The molecule has 1 aliphatic heterocycles. The van der Waals surface area contributed by atoms with E-state index in [1.807, 2.05) is 6.07 Å². The number of hydrogen-bond acceptors (Lipinski definition) is 4. The highest BCUT2D eigenvalue weighted by Crippen LogP contribution is 2.20. The largest absolute Gasteiger partial charge is 0.391 e. The molecule has 4 nitrogen and oxygen atoms in total. The summed E-state index contributed by atoms with van der Waals surface area (Å²) in [6.07, 6.45) is 2.23. The van der Waals surface area contributed by atoms with Crippen molar-refractivity contribution >= 4 is 5.82 Å². The van der Waals surface area contributed by atoms with Gasteiger partial charge in [-0.1, -0.05) is 13.8 Å². The van der Waals surface area contributed by atoms with Gasteiger partial charge in [-0.25, -0.2) is 9.97 Å². The van der Waals surface area contributed by atoms with E-state index in [-0.39, 0.29) is 6.10 Å². The molecule has 0 radical (unpaired) electrons. The number of aromatic nitrogens is 2. The predicted octanol–water partition coefficient (Wildman–Crippen LogP) is 1.17. The zero-order valence-electron chi connectivity index (χ0n) is 9.22. The molecule has 1 atom stereocenters. The van der Waals surface area contributed by atoms with E-state index < -0.39 is 0 Å². The number of anilines is 1. The third-order valence-corrected chi connectivity index (χ3v) is 2.75. The Kier molecular flexibility index (Phi) is 2.86. The second-order valence-corrected chi connectivity index (χ2v) is 4.34. The average molecular weight is 207 g/mol. The molecule has 4 heteroatoms. The fraction of sp³-hybridized carbons (Fsp3) is 0.636. The maximum Gasteiger partial charge on any atom is 0.132 e. The van der Waals surface area contributed by atoms with Gasteiger partial charge in [-0.2, -0.15) is 0 Å². The van der Waals surface area contributed by atoms with Gasteiger partial charge >= 0.3 is 0 Å². The summed E-state index contributed by atoms with van der Waals surface area (Å²) < 4.78 is 0.